The molecule has 0 unspecified atom stereocenters. The van der Waals surface area contributed by atoms with Crippen LogP contribution in [0.25, 0.3) is 10.9 Å². The van der Waals surface area contributed by atoms with Gasteiger partial charge in [0.1, 0.15) is 5.75 Å². The molecule has 1 aromatic heterocycles. The lowest BCUT2D eigenvalue weighted by Gasteiger charge is -2.18. The number of rotatable bonds is 6. The molecule has 10 heteroatoms. The van der Waals surface area contributed by atoms with E-state index < -0.39 is 11.5 Å². The van der Waals surface area contributed by atoms with Gasteiger partial charge in [0.15, 0.2) is 12.4 Å². The first-order chi connectivity index (χ1) is 17.5. The van der Waals surface area contributed by atoms with Crippen molar-refractivity contribution in [3.63, 3.8) is 0 Å². The number of aromatic nitrogens is 2. The summed E-state index contributed by atoms with van der Waals surface area (Å²) in [5, 5.41) is 8.42. The zero-order valence-corrected chi connectivity index (χ0v) is 19.0. The highest BCUT2D eigenvalue weighted by atomic mass is 16.5. The van der Waals surface area contributed by atoms with Crippen molar-refractivity contribution >= 4 is 34.3 Å². The molecular weight excluding hydrogens is 462 g/mol. The molecule has 5 rings (SSSR count). The van der Waals surface area contributed by atoms with Crippen LogP contribution in [-0.2, 0) is 17.9 Å². The number of benzene rings is 3. The molecule has 0 saturated carbocycles. The van der Waals surface area contributed by atoms with E-state index in [2.05, 4.69) is 25.9 Å². The fraction of sp³-hybridized carbons (Fsp3) is 0.115. The van der Waals surface area contributed by atoms with E-state index in [-0.39, 0.29) is 41.7 Å². The van der Waals surface area contributed by atoms with Gasteiger partial charge in [-0.15, -0.1) is 0 Å². The summed E-state index contributed by atoms with van der Waals surface area (Å²) in [6.07, 6.45) is 0. The van der Waals surface area contributed by atoms with Crippen molar-refractivity contribution in [1.29, 1.82) is 0 Å². The lowest BCUT2D eigenvalue weighted by atomic mass is 10.1. The van der Waals surface area contributed by atoms with Crippen molar-refractivity contribution in [2.24, 2.45) is 0 Å². The molecule has 10 nitrogen and oxygen atoms in total. The number of aromatic amines is 1. The smallest absolute Gasteiger partial charge is 0.287 e. The molecule has 36 heavy (non-hydrogen) atoms. The Morgan fingerprint density at radius 1 is 0.889 bits per heavy atom. The highest BCUT2D eigenvalue weighted by Crippen LogP contribution is 2.28. The Balaban J connectivity index is 1.27. The van der Waals surface area contributed by atoms with Crippen LogP contribution in [0.2, 0.25) is 0 Å². The second kappa shape index (κ2) is 9.71. The summed E-state index contributed by atoms with van der Waals surface area (Å²) in [6, 6.07) is 19.2. The van der Waals surface area contributed by atoms with Crippen molar-refractivity contribution in [3.05, 3.63) is 99.6 Å². The topological polar surface area (TPSA) is 142 Å². The monoisotopic (exact) mass is 483 g/mol. The summed E-state index contributed by atoms with van der Waals surface area (Å²) in [7, 11) is 0. The number of anilines is 1. The molecular formula is C26H21N5O5. The van der Waals surface area contributed by atoms with Gasteiger partial charge in [-0.2, -0.15) is 0 Å². The first-order valence-corrected chi connectivity index (χ1v) is 11.2. The maximum atomic E-state index is 12.7. The van der Waals surface area contributed by atoms with E-state index in [1.165, 1.54) is 12.1 Å². The summed E-state index contributed by atoms with van der Waals surface area (Å²) < 4.78 is 5.32. The van der Waals surface area contributed by atoms with Gasteiger partial charge in [0, 0.05) is 18.7 Å². The Labute approximate surface area is 204 Å². The van der Waals surface area contributed by atoms with Crippen molar-refractivity contribution in [1.82, 2.24) is 20.6 Å². The largest absolute Gasteiger partial charge is 0.482 e. The second-order valence-electron chi connectivity index (χ2n) is 8.16. The van der Waals surface area contributed by atoms with Crippen molar-refractivity contribution in [2.45, 2.75) is 13.1 Å². The predicted molar refractivity (Wildman–Crippen MR) is 132 cm³/mol. The number of carbonyl (C=O) groups excluding carboxylic acids is 3. The molecule has 3 aromatic carbocycles. The van der Waals surface area contributed by atoms with E-state index in [0.29, 0.717) is 23.5 Å². The van der Waals surface area contributed by atoms with Gasteiger partial charge in [0.25, 0.3) is 23.3 Å². The van der Waals surface area contributed by atoms with Crippen molar-refractivity contribution in [3.8, 4) is 5.75 Å². The summed E-state index contributed by atoms with van der Waals surface area (Å²) in [5.74, 6) is -0.745. The van der Waals surface area contributed by atoms with Crippen LogP contribution in [0.5, 0.6) is 5.75 Å². The van der Waals surface area contributed by atoms with Gasteiger partial charge in [0.2, 0.25) is 0 Å². The highest BCUT2D eigenvalue weighted by Gasteiger charge is 2.17. The molecule has 0 bridgehead atoms. The van der Waals surface area contributed by atoms with Gasteiger partial charge < -0.3 is 25.7 Å². The lowest BCUT2D eigenvalue weighted by Crippen LogP contribution is -2.28. The number of ether oxygens (including phenoxy) is 1. The number of nitrogens with one attached hydrogen (secondary N) is 4. The third-order valence-corrected chi connectivity index (χ3v) is 5.61. The van der Waals surface area contributed by atoms with Gasteiger partial charge in [0.05, 0.1) is 16.6 Å². The zero-order chi connectivity index (χ0) is 25.1. The minimum Gasteiger partial charge on any atom is -0.482 e. The predicted octanol–water partition coefficient (Wildman–Crippen LogP) is 2.11. The van der Waals surface area contributed by atoms with Gasteiger partial charge in [-0.05, 0) is 41.5 Å². The molecule has 4 aromatic rings. The Morgan fingerprint density at radius 2 is 1.67 bits per heavy atom. The molecule has 0 atom stereocenters. The SMILES string of the molecule is O=C1COc2ccc(CNC(=O)c3nc4ccc(C(=O)NCc5ccccc5)cc4c(=O)[nH]3)cc2N1. The number of hydrogen-bond donors (Lipinski definition) is 4. The minimum absolute atomic E-state index is 0.0378. The summed E-state index contributed by atoms with van der Waals surface area (Å²) >= 11 is 0. The van der Waals surface area contributed by atoms with Crippen LogP contribution in [0, 0.1) is 0 Å². The number of amides is 3. The molecule has 0 fully saturated rings. The molecule has 3 amide bonds. The Hall–Kier alpha value is -4.99. The van der Waals surface area contributed by atoms with Crippen LogP contribution in [0.1, 0.15) is 32.1 Å². The summed E-state index contributed by atoms with van der Waals surface area (Å²) in [5.41, 5.74) is 2.27. The minimum atomic E-state index is -0.573. The van der Waals surface area contributed by atoms with Crippen LogP contribution in [-0.4, -0.2) is 34.3 Å². The van der Waals surface area contributed by atoms with E-state index in [4.69, 9.17) is 4.74 Å². The fourth-order valence-corrected chi connectivity index (χ4v) is 3.77. The van der Waals surface area contributed by atoms with Gasteiger partial charge in [-0.25, -0.2) is 4.98 Å². The van der Waals surface area contributed by atoms with E-state index in [0.717, 1.165) is 11.1 Å². The average molecular weight is 483 g/mol. The summed E-state index contributed by atoms with van der Waals surface area (Å²) in [4.78, 5) is 56.1. The Kier molecular flexibility index (Phi) is 6.14. The quantitative estimate of drug-likeness (QED) is 0.331. The Morgan fingerprint density at radius 3 is 2.50 bits per heavy atom. The number of hydrogen-bond acceptors (Lipinski definition) is 6. The lowest BCUT2D eigenvalue weighted by molar-refractivity contribution is -0.118. The second-order valence-corrected chi connectivity index (χ2v) is 8.16. The highest BCUT2D eigenvalue weighted by molar-refractivity contribution is 5.99. The molecule has 4 N–H and O–H groups in total. The summed E-state index contributed by atoms with van der Waals surface area (Å²) in [6.45, 7) is 0.462. The van der Waals surface area contributed by atoms with E-state index in [9.17, 15) is 19.2 Å². The maximum absolute atomic E-state index is 12.7. The van der Waals surface area contributed by atoms with E-state index in [1.807, 2.05) is 30.3 Å². The van der Waals surface area contributed by atoms with Crippen LogP contribution >= 0.6 is 0 Å². The van der Waals surface area contributed by atoms with Crippen molar-refractivity contribution in [2.75, 3.05) is 11.9 Å². The first kappa shape index (κ1) is 22.8. The van der Waals surface area contributed by atoms with Crippen molar-refractivity contribution < 1.29 is 19.1 Å². The molecule has 2 heterocycles. The molecule has 1 aliphatic rings. The standard InChI is InChI=1S/C26H21N5O5/c32-22-14-36-21-9-6-16(10-20(21)29-22)13-28-26(35)23-30-19-8-7-17(11-18(19)25(34)31-23)24(33)27-12-15-4-2-1-3-5-15/h1-11H,12-14H2,(H,27,33)(H,28,35)(H,29,32)(H,30,31,34). The zero-order valence-electron chi connectivity index (χ0n) is 19.0. The number of nitrogens with zero attached hydrogens (tertiary/aromatic N) is 1. The molecule has 1 aliphatic heterocycles. The van der Waals surface area contributed by atoms with E-state index in [1.54, 1.807) is 24.3 Å². The average Bonchev–Trinajstić information content (AvgIpc) is 2.90. The van der Waals surface area contributed by atoms with Crippen LogP contribution in [0.4, 0.5) is 5.69 Å². The molecule has 0 saturated heterocycles. The first-order valence-electron chi connectivity index (χ1n) is 11.2. The van der Waals surface area contributed by atoms with E-state index >= 15 is 0 Å². The van der Waals surface area contributed by atoms with Crippen LogP contribution < -0.4 is 26.2 Å². The molecule has 0 radical (unpaired) electrons. The number of carbonyl (C=O) groups is 3. The molecule has 0 aliphatic carbocycles. The maximum Gasteiger partial charge on any atom is 0.287 e. The number of fused-ring (bicyclic) bond motifs is 2. The number of H-pyrrole nitrogens is 1. The Bertz CT molecular complexity index is 1550. The fourth-order valence-electron chi connectivity index (χ4n) is 3.77. The van der Waals surface area contributed by atoms with Crippen LogP contribution in [0.15, 0.2) is 71.5 Å². The third kappa shape index (κ3) is 4.92. The normalized spacial score (nSPS) is 12.3. The van der Waals surface area contributed by atoms with Gasteiger partial charge >= 0.3 is 0 Å². The van der Waals surface area contributed by atoms with Crippen LogP contribution in [0.3, 0.4) is 0 Å². The molecule has 180 valence electrons. The van der Waals surface area contributed by atoms with Gasteiger partial charge in [-0.3, -0.25) is 19.2 Å². The molecule has 0 spiro atoms. The third-order valence-electron chi connectivity index (χ3n) is 5.61. The van der Waals surface area contributed by atoms with Gasteiger partial charge in [-0.1, -0.05) is 36.4 Å².